The molecule has 0 aromatic heterocycles. The number of hydrogen-bond acceptors (Lipinski definition) is 4. The van der Waals surface area contributed by atoms with Crippen molar-refractivity contribution in [3.05, 3.63) is 59.2 Å². The number of piperidine rings is 1. The first-order valence-corrected chi connectivity index (χ1v) is 13.2. The Kier molecular flexibility index (Phi) is 7.10. The van der Waals surface area contributed by atoms with Crippen molar-refractivity contribution in [2.24, 2.45) is 5.92 Å². The molecule has 0 radical (unpaired) electrons. The zero-order valence-corrected chi connectivity index (χ0v) is 20.6. The molecule has 6 nitrogen and oxygen atoms in total. The van der Waals surface area contributed by atoms with Gasteiger partial charge in [0.2, 0.25) is 15.9 Å². The van der Waals surface area contributed by atoms with Crippen LogP contribution in [-0.2, 0) is 21.2 Å². The lowest BCUT2D eigenvalue weighted by molar-refractivity contribution is -0.137. The van der Waals surface area contributed by atoms with E-state index in [1.54, 1.807) is 23.5 Å². The molecule has 2 aliphatic heterocycles. The highest BCUT2D eigenvalue weighted by molar-refractivity contribution is 7.89. The van der Waals surface area contributed by atoms with Gasteiger partial charge in [-0.1, -0.05) is 18.2 Å². The zero-order chi connectivity index (χ0) is 23.6. The molecule has 2 fully saturated rings. The second-order valence-electron chi connectivity index (χ2n) is 9.31. The van der Waals surface area contributed by atoms with Crippen molar-refractivity contribution >= 4 is 15.9 Å². The minimum absolute atomic E-state index is 0.109. The highest BCUT2D eigenvalue weighted by atomic mass is 32.2. The van der Waals surface area contributed by atoms with Crippen molar-refractivity contribution in [1.82, 2.24) is 9.21 Å². The molecule has 178 valence electrons. The van der Waals surface area contributed by atoms with Gasteiger partial charge in [-0.2, -0.15) is 4.31 Å². The Balaban J connectivity index is 1.38. The number of ether oxygens (including phenoxy) is 1. The van der Waals surface area contributed by atoms with Crippen molar-refractivity contribution < 1.29 is 17.9 Å². The smallest absolute Gasteiger partial charge is 0.243 e. The molecule has 2 saturated heterocycles. The number of nitrogens with zero attached hydrogens (tertiary/aromatic N) is 2. The number of carbonyl (C=O) groups excluding carboxylic acids is 1. The van der Waals surface area contributed by atoms with Crippen molar-refractivity contribution in [3.63, 3.8) is 0 Å². The minimum Gasteiger partial charge on any atom is -0.497 e. The van der Waals surface area contributed by atoms with E-state index < -0.39 is 10.0 Å². The molecule has 4 rings (SSSR count). The van der Waals surface area contributed by atoms with Crippen molar-refractivity contribution in [1.29, 1.82) is 0 Å². The molecule has 2 aromatic rings. The van der Waals surface area contributed by atoms with Gasteiger partial charge in [0.25, 0.3) is 0 Å². The van der Waals surface area contributed by atoms with Gasteiger partial charge in [0, 0.05) is 31.6 Å². The van der Waals surface area contributed by atoms with Gasteiger partial charge in [-0.15, -0.1) is 0 Å². The van der Waals surface area contributed by atoms with Crippen LogP contribution in [-0.4, -0.2) is 56.3 Å². The third-order valence-electron chi connectivity index (χ3n) is 7.19. The van der Waals surface area contributed by atoms with Crippen LogP contribution in [0.25, 0.3) is 0 Å². The van der Waals surface area contributed by atoms with Gasteiger partial charge >= 0.3 is 0 Å². The first kappa shape index (κ1) is 23.8. The van der Waals surface area contributed by atoms with E-state index >= 15 is 0 Å². The largest absolute Gasteiger partial charge is 0.497 e. The van der Waals surface area contributed by atoms with Crippen LogP contribution in [0.2, 0.25) is 0 Å². The first-order valence-electron chi connectivity index (χ1n) is 11.8. The fourth-order valence-electron chi connectivity index (χ4n) is 5.01. The average molecular weight is 471 g/mol. The summed E-state index contributed by atoms with van der Waals surface area (Å²) in [6.45, 7) is 5.47. The molecule has 7 heteroatoms. The first-order chi connectivity index (χ1) is 15.8. The molecule has 1 atom stereocenters. The van der Waals surface area contributed by atoms with Crippen LogP contribution in [0.15, 0.2) is 47.4 Å². The minimum atomic E-state index is -3.53. The van der Waals surface area contributed by atoms with Gasteiger partial charge in [-0.25, -0.2) is 8.42 Å². The fourth-order valence-corrected chi connectivity index (χ4v) is 6.57. The Morgan fingerprint density at radius 2 is 1.76 bits per heavy atom. The number of likely N-dealkylation sites (tertiary alicyclic amines) is 1. The summed E-state index contributed by atoms with van der Waals surface area (Å²) in [5.74, 6) is 0.909. The third-order valence-corrected chi connectivity index (χ3v) is 9.08. The van der Waals surface area contributed by atoms with E-state index in [0.717, 1.165) is 42.7 Å². The molecule has 0 aliphatic carbocycles. The molecular formula is C26H34N2O4S. The molecule has 33 heavy (non-hydrogen) atoms. The van der Waals surface area contributed by atoms with Crippen molar-refractivity contribution in [2.75, 3.05) is 26.7 Å². The number of hydrogen-bond donors (Lipinski definition) is 0. The molecular weight excluding hydrogens is 436 g/mol. The number of methoxy groups -OCH3 is 1. The van der Waals surface area contributed by atoms with E-state index in [0.29, 0.717) is 30.8 Å². The number of rotatable bonds is 6. The number of carbonyl (C=O) groups is 1. The quantitative estimate of drug-likeness (QED) is 0.641. The topological polar surface area (TPSA) is 66.9 Å². The van der Waals surface area contributed by atoms with Gasteiger partial charge in [0.1, 0.15) is 5.75 Å². The molecule has 1 amide bonds. The maximum absolute atomic E-state index is 13.4. The Morgan fingerprint density at radius 1 is 1.00 bits per heavy atom. The van der Waals surface area contributed by atoms with Crippen LogP contribution >= 0.6 is 0 Å². The van der Waals surface area contributed by atoms with Crippen LogP contribution in [0.5, 0.6) is 5.75 Å². The summed E-state index contributed by atoms with van der Waals surface area (Å²) in [4.78, 5) is 15.7. The fraction of sp³-hybridized carbons (Fsp3) is 0.500. The lowest BCUT2D eigenvalue weighted by atomic mass is 9.95. The number of sulfonamides is 1. The van der Waals surface area contributed by atoms with E-state index in [-0.39, 0.29) is 17.9 Å². The van der Waals surface area contributed by atoms with Gasteiger partial charge < -0.3 is 9.64 Å². The lowest BCUT2D eigenvalue weighted by Crippen LogP contribution is -2.46. The van der Waals surface area contributed by atoms with Crippen LogP contribution in [0.1, 0.15) is 42.4 Å². The second kappa shape index (κ2) is 9.85. The summed E-state index contributed by atoms with van der Waals surface area (Å²) in [7, 11) is -1.87. The predicted octanol–water partition coefficient (Wildman–Crippen LogP) is 3.95. The third kappa shape index (κ3) is 5.09. The summed E-state index contributed by atoms with van der Waals surface area (Å²) in [6, 6.07) is 13.5. The van der Waals surface area contributed by atoms with Crippen molar-refractivity contribution in [3.8, 4) is 5.75 Å². The van der Waals surface area contributed by atoms with E-state index in [1.807, 2.05) is 43.0 Å². The summed E-state index contributed by atoms with van der Waals surface area (Å²) in [6.07, 6.45) is 3.99. The van der Waals surface area contributed by atoms with E-state index in [9.17, 15) is 13.2 Å². The molecule has 2 heterocycles. The maximum atomic E-state index is 13.4. The van der Waals surface area contributed by atoms with Crippen LogP contribution < -0.4 is 4.74 Å². The van der Waals surface area contributed by atoms with Crippen LogP contribution in [0, 0.1) is 19.8 Å². The van der Waals surface area contributed by atoms with Gasteiger partial charge in [-0.3, -0.25) is 4.79 Å². The number of aryl methyl sites for hydroxylation is 2. The van der Waals surface area contributed by atoms with Crippen molar-refractivity contribution in [2.45, 2.75) is 56.9 Å². The lowest BCUT2D eigenvalue weighted by Gasteiger charge is -2.34. The number of amides is 1. The molecule has 2 aliphatic rings. The summed E-state index contributed by atoms with van der Waals surface area (Å²) < 4.78 is 33.1. The Morgan fingerprint density at radius 3 is 2.45 bits per heavy atom. The molecule has 0 N–H and O–H groups in total. The highest BCUT2D eigenvalue weighted by Gasteiger charge is 2.37. The number of benzene rings is 2. The molecule has 0 spiro atoms. The summed E-state index contributed by atoms with van der Waals surface area (Å²) >= 11 is 0. The standard InChI is InChI=1S/C26H34N2O4S/c1-19-9-10-25(16-20(19)2)33(30,31)27-14-11-22(12-15-27)26(29)28-13-5-7-23(28)17-21-6-4-8-24(18-21)32-3/h4,6,8-10,16,18,22-23H,5,7,11-15,17H2,1-3H3. The van der Waals surface area contributed by atoms with E-state index in [2.05, 4.69) is 6.07 Å². The Labute approximate surface area is 197 Å². The van der Waals surface area contributed by atoms with Gasteiger partial charge in [0.15, 0.2) is 0 Å². The second-order valence-corrected chi connectivity index (χ2v) is 11.2. The average Bonchev–Trinajstić information content (AvgIpc) is 3.28. The predicted molar refractivity (Wildman–Crippen MR) is 129 cm³/mol. The maximum Gasteiger partial charge on any atom is 0.243 e. The SMILES string of the molecule is COc1cccc(CC2CCCN2C(=O)C2CCN(S(=O)(=O)c3ccc(C)c(C)c3)CC2)c1. The molecule has 1 unspecified atom stereocenters. The zero-order valence-electron chi connectivity index (χ0n) is 19.8. The monoisotopic (exact) mass is 470 g/mol. The van der Waals surface area contributed by atoms with Crippen LogP contribution in [0.3, 0.4) is 0 Å². The molecule has 2 aromatic carbocycles. The van der Waals surface area contributed by atoms with E-state index in [1.165, 1.54) is 5.56 Å². The summed E-state index contributed by atoms with van der Waals surface area (Å²) in [5.41, 5.74) is 3.22. The van der Waals surface area contributed by atoms with Gasteiger partial charge in [0.05, 0.1) is 12.0 Å². The van der Waals surface area contributed by atoms with Gasteiger partial charge in [-0.05, 0) is 86.9 Å². The Hall–Kier alpha value is -2.38. The molecule has 0 bridgehead atoms. The normalized spacial score (nSPS) is 20.2. The Bertz CT molecular complexity index is 1110. The molecule has 0 saturated carbocycles. The highest BCUT2D eigenvalue weighted by Crippen LogP contribution is 2.30. The summed E-state index contributed by atoms with van der Waals surface area (Å²) in [5, 5.41) is 0. The van der Waals surface area contributed by atoms with E-state index in [4.69, 9.17) is 4.74 Å². The van der Waals surface area contributed by atoms with Crippen LogP contribution in [0.4, 0.5) is 0 Å².